The van der Waals surface area contributed by atoms with Gasteiger partial charge in [0.2, 0.25) is 0 Å². The van der Waals surface area contributed by atoms with Gasteiger partial charge in [-0.3, -0.25) is 0 Å². The summed E-state index contributed by atoms with van der Waals surface area (Å²) in [7, 11) is 1.94. The average Bonchev–Trinajstić information content (AvgIpc) is 2.95. The number of aliphatic hydroxyl groups excluding tert-OH is 1. The molecule has 0 bridgehead atoms. The lowest BCUT2D eigenvalue weighted by Gasteiger charge is -2.25. The van der Waals surface area contributed by atoms with E-state index in [0.29, 0.717) is 10.8 Å². The number of nitrogens with zero attached hydrogens (tertiary/aromatic N) is 3. The topological polar surface area (TPSA) is 64.6 Å². The second kappa shape index (κ2) is 8.31. The maximum atomic E-state index is 10.3. The molecule has 130 valence electrons. The first-order valence-corrected chi connectivity index (χ1v) is 9.37. The first kappa shape index (κ1) is 17.7. The van der Waals surface area contributed by atoms with E-state index in [4.69, 9.17) is 16.3 Å². The molecule has 1 fully saturated rings. The highest BCUT2D eigenvalue weighted by Crippen LogP contribution is 2.24. The molecule has 1 aliphatic heterocycles. The molecular weight excluding hydrogens is 348 g/mol. The Morgan fingerprint density at radius 3 is 2.71 bits per heavy atom. The second-order valence-corrected chi connectivity index (χ2v) is 7.33. The Bertz CT molecular complexity index is 659. The number of hydrogen-bond donors (Lipinski definition) is 2. The highest BCUT2D eigenvalue weighted by molar-refractivity contribution is 7.99. The molecule has 2 heterocycles. The predicted octanol–water partition coefficient (Wildman–Crippen LogP) is 0.504. The van der Waals surface area contributed by atoms with Crippen molar-refractivity contribution in [3.63, 3.8) is 0 Å². The smallest absolute Gasteiger partial charge is 0.191 e. The Morgan fingerprint density at radius 2 is 2.00 bits per heavy atom. The number of hydrogen-bond acceptors (Lipinski definition) is 5. The Kier molecular flexibility index (Phi) is 6.13. The van der Waals surface area contributed by atoms with Gasteiger partial charge < -0.3 is 19.3 Å². The van der Waals surface area contributed by atoms with E-state index in [9.17, 15) is 5.11 Å². The third-order valence-corrected chi connectivity index (χ3v) is 5.48. The van der Waals surface area contributed by atoms with Crippen molar-refractivity contribution < 1.29 is 14.7 Å². The molecule has 24 heavy (non-hydrogen) atoms. The molecular formula is C16H22ClN4O2S+. The van der Waals surface area contributed by atoms with Crippen LogP contribution >= 0.6 is 23.4 Å². The maximum Gasteiger partial charge on any atom is 0.191 e. The molecule has 2 aromatic rings. The Hall–Kier alpha value is -1.12. The predicted molar refractivity (Wildman–Crippen MR) is 94.6 cm³/mol. The van der Waals surface area contributed by atoms with Crippen LogP contribution in [-0.2, 0) is 11.8 Å². The first-order valence-electron chi connectivity index (χ1n) is 8.01. The van der Waals surface area contributed by atoms with Crippen LogP contribution in [0.1, 0.15) is 0 Å². The van der Waals surface area contributed by atoms with Gasteiger partial charge in [-0.25, -0.2) is 0 Å². The molecule has 1 aliphatic rings. The summed E-state index contributed by atoms with van der Waals surface area (Å²) < 4.78 is 7.29. The molecule has 1 aromatic heterocycles. The van der Waals surface area contributed by atoms with Crippen LogP contribution in [0, 0.1) is 0 Å². The monoisotopic (exact) mass is 369 g/mol. The van der Waals surface area contributed by atoms with E-state index in [-0.39, 0.29) is 6.10 Å². The molecule has 3 rings (SSSR count). The summed E-state index contributed by atoms with van der Waals surface area (Å²) in [4.78, 5) is 1.40. The van der Waals surface area contributed by atoms with E-state index in [0.717, 1.165) is 49.4 Å². The number of aromatic nitrogens is 3. The standard InChI is InChI=1S/C16H21ClN4O2S/c1-20-15(12-2-4-13(17)5-3-12)18-19-16(20)24-11-14(22)10-21-6-8-23-9-7-21/h2-5,14,22H,6-11H2,1H3/p+1/t14-/m1/s1. The molecule has 1 saturated heterocycles. The number of halogens is 1. The maximum absolute atomic E-state index is 10.3. The normalized spacial score (nSPS) is 17.1. The van der Waals surface area contributed by atoms with Crippen molar-refractivity contribution in [2.75, 3.05) is 38.6 Å². The van der Waals surface area contributed by atoms with Crippen LogP contribution in [-0.4, -0.2) is 64.6 Å². The molecule has 0 radical (unpaired) electrons. The molecule has 0 saturated carbocycles. The van der Waals surface area contributed by atoms with Gasteiger partial charge in [0, 0.05) is 23.4 Å². The van der Waals surface area contributed by atoms with E-state index < -0.39 is 0 Å². The number of rotatable bonds is 6. The largest absolute Gasteiger partial charge is 0.386 e. The second-order valence-electron chi connectivity index (χ2n) is 5.90. The zero-order chi connectivity index (χ0) is 16.9. The SMILES string of the molecule is Cn1c(SC[C@H](O)C[NH+]2CCOCC2)nnc1-c1ccc(Cl)cc1. The van der Waals surface area contributed by atoms with E-state index in [1.807, 2.05) is 35.9 Å². The van der Waals surface area contributed by atoms with E-state index in [1.165, 1.54) is 16.7 Å². The third-order valence-electron chi connectivity index (χ3n) is 4.07. The molecule has 0 spiro atoms. The average molecular weight is 370 g/mol. The lowest BCUT2D eigenvalue weighted by Crippen LogP contribution is -3.15. The van der Waals surface area contributed by atoms with Gasteiger partial charge in [-0.05, 0) is 24.3 Å². The number of aliphatic hydroxyl groups is 1. The minimum Gasteiger partial charge on any atom is -0.386 e. The molecule has 6 nitrogen and oxygen atoms in total. The lowest BCUT2D eigenvalue weighted by atomic mass is 10.2. The zero-order valence-electron chi connectivity index (χ0n) is 13.6. The fraction of sp³-hybridized carbons (Fsp3) is 0.500. The van der Waals surface area contributed by atoms with Gasteiger partial charge in [-0.2, -0.15) is 0 Å². The molecule has 0 aliphatic carbocycles. The van der Waals surface area contributed by atoms with Gasteiger partial charge in [0.1, 0.15) is 25.7 Å². The van der Waals surface area contributed by atoms with Crippen LogP contribution in [0.3, 0.4) is 0 Å². The fourth-order valence-electron chi connectivity index (χ4n) is 2.72. The minimum absolute atomic E-state index is 0.362. The number of ether oxygens (including phenoxy) is 1. The van der Waals surface area contributed by atoms with Crippen molar-refractivity contribution >= 4 is 23.4 Å². The first-order chi connectivity index (χ1) is 11.6. The number of nitrogens with one attached hydrogen (secondary N) is 1. The number of morpholine rings is 1. The van der Waals surface area contributed by atoms with Crippen LogP contribution < -0.4 is 4.90 Å². The summed E-state index contributed by atoms with van der Waals surface area (Å²) in [5, 5.41) is 20.2. The summed E-state index contributed by atoms with van der Waals surface area (Å²) in [5.41, 5.74) is 0.972. The van der Waals surface area contributed by atoms with E-state index in [2.05, 4.69) is 10.2 Å². The quantitative estimate of drug-likeness (QED) is 0.726. The highest BCUT2D eigenvalue weighted by atomic mass is 35.5. The summed E-state index contributed by atoms with van der Waals surface area (Å²) in [6.45, 7) is 4.24. The number of thioether (sulfide) groups is 1. The Morgan fingerprint density at radius 1 is 1.29 bits per heavy atom. The van der Waals surface area contributed by atoms with Crippen LogP contribution in [0.5, 0.6) is 0 Å². The fourth-order valence-corrected chi connectivity index (χ4v) is 3.68. The molecule has 0 unspecified atom stereocenters. The summed E-state index contributed by atoms with van der Waals surface area (Å²) in [6.07, 6.45) is -0.362. The van der Waals surface area contributed by atoms with Crippen molar-refractivity contribution in [3.8, 4) is 11.4 Å². The van der Waals surface area contributed by atoms with Gasteiger partial charge >= 0.3 is 0 Å². The zero-order valence-corrected chi connectivity index (χ0v) is 15.2. The van der Waals surface area contributed by atoms with Gasteiger partial charge in [-0.1, -0.05) is 23.4 Å². The Balaban J connectivity index is 1.56. The Labute approximate surface area is 150 Å². The van der Waals surface area contributed by atoms with Crippen molar-refractivity contribution in [2.24, 2.45) is 7.05 Å². The van der Waals surface area contributed by atoms with Crippen LogP contribution in [0.2, 0.25) is 5.02 Å². The lowest BCUT2D eigenvalue weighted by molar-refractivity contribution is -0.910. The molecule has 0 amide bonds. The minimum atomic E-state index is -0.362. The van der Waals surface area contributed by atoms with E-state index in [1.54, 1.807) is 0 Å². The van der Waals surface area contributed by atoms with Crippen molar-refractivity contribution in [1.29, 1.82) is 0 Å². The molecule has 1 atom stereocenters. The van der Waals surface area contributed by atoms with E-state index >= 15 is 0 Å². The van der Waals surface area contributed by atoms with Crippen molar-refractivity contribution in [2.45, 2.75) is 11.3 Å². The summed E-state index contributed by atoms with van der Waals surface area (Å²) >= 11 is 7.46. The van der Waals surface area contributed by atoms with Gasteiger partial charge in [-0.15, -0.1) is 10.2 Å². The molecule has 2 N–H and O–H groups in total. The van der Waals surface area contributed by atoms with Gasteiger partial charge in [0.25, 0.3) is 0 Å². The van der Waals surface area contributed by atoms with Crippen LogP contribution in [0.4, 0.5) is 0 Å². The van der Waals surface area contributed by atoms with Crippen molar-refractivity contribution in [1.82, 2.24) is 14.8 Å². The van der Waals surface area contributed by atoms with Gasteiger partial charge in [0.15, 0.2) is 11.0 Å². The van der Waals surface area contributed by atoms with Crippen LogP contribution in [0.15, 0.2) is 29.4 Å². The van der Waals surface area contributed by atoms with Crippen LogP contribution in [0.25, 0.3) is 11.4 Å². The summed E-state index contributed by atoms with van der Waals surface area (Å²) in [5.74, 6) is 1.40. The highest BCUT2D eigenvalue weighted by Gasteiger charge is 2.19. The summed E-state index contributed by atoms with van der Waals surface area (Å²) in [6, 6.07) is 7.54. The number of quaternary nitrogens is 1. The van der Waals surface area contributed by atoms with Crippen molar-refractivity contribution in [3.05, 3.63) is 29.3 Å². The molecule has 1 aromatic carbocycles. The number of benzene rings is 1. The van der Waals surface area contributed by atoms with Gasteiger partial charge in [0.05, 0.1) is 13.2 Å². The molecule has 8 heteroatoms. The third kappa shape index (κ3) is 4.49.